The Morgan fingerprint density at radius 2 is 1.82 bits per heavy atom. The molecule has 1 atom stereocenters. The minimum Gasteiger partial charge on any atom is -0.290 e. The van der Waals surface area contributed by atoms with Crippen molar-refractivity contribution in [3.05, 3.63) is 34.3 Å². The number of benzene rings is 1. The third kappa shape index (κ3) is 3.30. The van der Waals surface area contributed by atoms with Crippen LogP contribution in [0.4, 0.5) is 0 Å². The zero-order valence-corrected chi connectivity index (χ0v) is 14.9. The highest BCUT2D eigenvalue weighted by Crippen LogP contribution is 2.37. The highest BCUT2D eigenvalue weighted by Gasteiger charge is 2.45. The molecule has 0 heterocycles. The molecule has 0 aliphatic heterocycles. The molecule has 0 N–H and O–H groups in total. The molecule has 0 unspecified atom stereocenters. The molecule has 0 bridgehead atoms. The van der Waals surface area contributed by atoms with Crippen molar-refractivity contribution in [2.24, 2.45) is 0 Å². The molecular formula is C10H9Br2IO3S. The second kappa shape index (κ2) is 5.66. The second-order valence-electron chi connectivity index (χ2n) is 3.26. The van der Waals surface area contributed by atoms with Crippen molar-refractivity contribution < 1.29 is 13.2 Å². The Morgan fingerprint density at radius 3 is 2.24 bits per heavy atom. The summed E-state index contributed by atoms with van der Waals surface area (Å²) in [5.41, 5.74) is 0.358. The number of Topliss-reactive ketones (excluding diaryl/α,β-unsaturated/α-hetero) is 1. The number of rotatable bonds is 4. The highest BCUT2D eigenvalue weighted by atomic mass is 127. The van der Waals surface area contributed by atoms with Gasteiger partial charge in [0.25, 0.3) is 0 Å². The number of hydrogen-bond acceptors (Lipinski definition) is 3. The Bertz CT molecular complexity index is 523. The zero-order valence-electron chi connectivity index (χ0n) is 8.78. The maximum atomic E-state index is 12.1. The van der Waals surface area contributed by atoms with Crippen molar-refractivity contribution >= 4 is 70.1 Å². The van der Waals surface area contributed by atoms with E-state index in [4.69, 9.17) is 0 Å². The topological polar surface area (TPSA) is 51.2 Å². The summed E-state index contributed by atoms with van der Waals surface area (Å²) in [6.45, 7) is 1.51. The van der Waals surface area contributed by atoms with Crippen LogP contribution in [0.3, 0.4) is 0 Å². The van der Waals surface area contributed by atoms with Gasteiger partial charge in [0.05, 0.1) is 5.75 Å². The Kier molecular flexibility index (Phi) is 5.19. The maximum absolute atomic E-state index is 12.1. The number of carbonyl (C=O) groups is 1. The van der Waals surface area contributed by atoms with Gasteiger partial charge in [0.15, 0.2) is 9.84 Å². The lowest BCUT2D eigenvalue weighted by molar-refractivity contribution is 0.101. The van der Waals surface area contributed by atoms with E-state index in [1.54, 1.807) is 46.9 Å². The molecule has 0 amide bonds. The van der Waals surface area contributed by atoms with E-state index in [0.717, 1.165) is 4.47 Å². The van der Waals surface area contributed by atoms with E-state index in [-0.39, 0.29) is 5.75 Å². The van der Waals surface area contributed by atoms with Gasteiger partial charge < -0.3 is 0 Å². The van der Waals surface area contributed by atoms with Crippen LogP contribution in [0.15, 0.2) is 28.7 Å². The molecule has 7 heteroatoms. The Morgan fingerprint density at radius 1 is 1.35 bits per heavy atom. The lowest BCUT2D eigenvalue weighted by atomic mass is 10.1. The average molecular weight is 496 g/mol. The van der Waals surface area contributed by atoms with Crippen molar-refractivity contribution in [3.63, 3.8) is 0 Å². The number of hydrogen-bond donors (Lipinski definition) is 0. The first-order valence-electron chi connectivity index (χ1n) is 4.63. The van der Waals surface area contributed by atoms with Crippen LogP contribution in [0, 0.1) is 0 Å². The van der Waals surface area contributed by atoms with Crippen LogP contribution in [0.25, 0.3) is 0 Å². The molecule has 0 radical (unpaired) electrons. The minimum atomic E-state index is -3.51. The molecule has 0 saturated carbocycles. The summed E-state index contributed by atoms with van der Waals surface area (Å²) in [5.74, 6) is -0.559. The molecule has 1 aromatic rings. The van der Waals surface area contributed by atoms with Crippen molar-refractivity contribution in [1.82, 2.24) is 0 Å². The van der Waals surface area contributed by atoms with Gasteiger partial charge in [-0.15, -0.1) is 0 Å². The van der Waals surface area contributed by atoms with E-state index in [0.29, 0.717) is 5.56 Å². The van der Waals surface area contributed by atoms with Crippen LogP contribution in [0.1, 0.15) is 17.3 Å². The minimum absolute atomic E-state index is 0.0938. The number of ketones is 1. The molecule has 0 spiro atoms. The van der Waals surface area contributed by atoms with Gasteiger partial charge in [-0.2, -0.15) is 0 Å². The summed E-state index contributed by atoms with van der Waals surface area (Å²) < 4.78 is 22.9. The summed E-state index contributed by atoms with van der Waals surface area (Å²) in [6.07, 6.45) is 0. The first kappa shape index (κ1) is 15.6. The van der Waals surface area contributed by atoms with Crippen molar-refractivity contribution in [3.8, 4) is 0 Å². The molecule has 3 nitrogen and oxygen atoms in total. The third-order valence-corrected chi connectivity index (χ3v) is 8.74. The van der Waals surface area contributed by atoms with E-state index in [9.17, 15) is 13.2 Å². The van der Waals surface area contributed by atoms with Crippen LogP contribution in [-0.2, 0) is 9.84 Å². The lowest BCUT2D eigenvalue weighted by Gasteiger charge is -2.18. The van der Waals surface area contributed by atoms with E-state index >= 15 is 0 Å². The molecule has 0 saturated heterocycles. The van der Waals surface area contributed by atoms with E-state index in [1.807, 2.05) is 0 Å². The highest BCUT2D eigenvalue weighted by molar-refractivity contribution is 14.1. The molecule has 17 heavy (non-hydrogen) atoms. The lowest BCUT2D eigenvalue weighted by Crippen LogP contribution is -2.35. The number of carbonyl (C=O) groups excluding carboxylic acids is 1. The summed E-state index contributed by atoms with van der Waals surface area (Å²) in [5, 5.41) is 0. The first-order chi connectivity index (χ1) is 7.72. The summed E-state index contributed by atoms with van der Waals surface area (Å²) in [6, 6.07) is 6.58. The first-order valence-corrected chi connectivity index (χ1v) is 8.94. The van der Waals surface area contributed by atoms with Gasteiger partial charge >= 0.3 is 0 Å². The normalized spacial score (nSPS) is 15.3. The van der Waals surface area contributed by atoms with Crippen LogP contribution in [0.5, 0.6) is 0 Å². The molecule has 1 aromatic carbocycles. The number of sulfone groups is 1. The van der Waals surface area contributed by atoms with Gasteiger partial charge in [0, 0.05) is 10.0 Å². The fraction of sp³-hybridized carbons (Fsp3) is 0.300. The Hall–Kier alpha value is 0.530. The summed E-state index contributed by atoms with van der Waals surface area (Å²) in [4.78, 5) is 12.1. The van der Waals surface area contributed by atoms with E-state index in [1.165, 1.54) is 6.92 Å². The monoisotopic (exact) mass is 494 g/mol. The molecule has 94 valence electrons. The van der Waals surface area contributed by atoms with Gasteiger partial charge in [-0.05, 0) is 50.7 Å². The van der Waals surface area contributed by atoms with Gasteiger partial charge in [0.1, 0.15) is 0 Å². The predicted molar refractivity (Wildman–Crippen MR) is 83.6 cm³/mol. The van der Waals surface area contributed by atoms with Crippen LogP contribution in [0.2, 0.25) is 0 Å². The second-order valence-corrected chi connectivity index (χ2v) is 12.1. The van der Waals surface area contributed by atoms with Gasteiger partial charge in [-0.25, -0.2) is 8.42 Å². The standard InChI is InChI=1S/C10H9Br2IO3S/c1-2-17(15,16)10(12,13)9(14)7-3-5-8(11)6-4-7/h3-6H,2H2,1H3/t10-/m0/s1. The molecule has 0 aliphatic rings. The van der Waals surface area contributed by atoms with Crippen molar-refractivity contribution in [1.29, 1.82) is 0 Å². The van der Waals surface area contributed by atoms with Crippen molar-refractivity contribution in [2.45, 2.75) is 8.59 Å². The zero-order chi connectivity index (χ0) is 13.3. The SMILES string of the molecule is CCS(=O)(=O)[C@@](Br)(I)C(=O)c1ccc(Br)cc1. The Balaban J connectivity index is 3.18. The number of halogens is 3. The van der Waals surface area contributed by atoms with E-state index in [2.05, 4.69) is 31.9 Å². The molecule has 1 rings (SSSR count). The molecule has 0 aromatic heterocycles. The predicted octanol–water partition coefficient (Wildman–Crippen LogP) is 3.55. The van der Waals surface area contributed by atoms with Crippen molar-refractivity contribution in [2.75, 3.05) is 5.75 Å². The Labute approximate surface area is 131 Å². The van der Waals surface area contributed by atoms with Crippen LogP contribution in [-0.4, -0.2) is 21.6 Å². The van der Waals surface area contributed by atoms with Crippen LogP contribution < -0.4 is 0 Å². The maximum Gasteiger partial charge on any atom is 0.239 e. The number of alkyl halides is 2. The summed E-state index contributed by atoms with van der Waals surface area (Å²) in [7, 11) is -3.51. The summed E-state index contributed by atoms with van der Waals surface area (Å²) >= 11 is 7.90. The molecular weight excluding hydrogens is 487 g/mol. The van der Waals surface area contributed by atoms with Gasteiger partial charge in [0.2, 0.25) is 7.45 Å². The van der Waals surface area contributed by atoms with Crippen LogP contribution >= 0.6 is 54.5 Å². The fourth-order valence-electron chi connectivity index (χ4n) is 1.09. The molecule has 0 fully saturated rings. The largest absolute Gasteiger partial charge is 0.290 e. The van der Waals surface area contributed by atoms with Gasteiger partial charge in [-0.1, -0.05) is 35.0 Å². The smallest absolute Gasteiger partial charge is 0.239 e. The van der Waals surface area contributed by atoms with E-state index < -0.39 is 17.3 Å². The quantitative estimate of drug-likeness (QED) is 0.365. The fourth-order valence-corrected chi connectivity index (χ4v) is 4.28. The average Bonchev–Trinajstić information content (AvgIpc) is 2.28. The third-order valence-electron chi connectivity index (χ3n) is 2.14. The van der Waals surface area contributed by atoms with Gasteiger partial charge in [-0.3, -0.25) is 4.79 Å². The molecule has 0 aliphatic carbocycles.